The molecule has 0 unspecified atom stereocenters. The Morgan fingerprint density at radius 3 is 2.71 bits per heavy atom. The number of halogens is 2. The van der Waals surface area contributed by atoms with Gasteiger partial charge in [-0.2, -0.15) is 0 Å². The second-order valence-electron chi connectivity index (χ2n) is 4.48. The maximum Gasteiger partial charge on any atom is 0.237 e. The lowest BCUT2D eigenvalue weighted by Gasteiger charge is -2.23. The molecule has 0 saturated carbocycles. The van der Waals surface area contributed by atoms with Gasteiger partial charge in [-0.15, -0.1) is 0 Å². The summed E-state index contributed by atoms with van der Waals surface area (Å²) >= 11 is 5.68. The SMILES string of the molecule is NC(=O)CN(Cc1ccccc1N)c1ncc(Cl)cc1F. The summed E-state index contributed by atoms with van der Waals surface area (Å²) in [4.78, 5) is 16.6. The van der Waals surface area contributed by atoms with Crippen molar-refractivity contribution in [2.24, 2.45) is 5.73 Å². The second-order valence-corrected chi connectivity index (χ2v) is 4.92. The van der Waals surface area contributed by atoms with E-state index in [0.29, 0.717) is 5.69 Å². The van der Waals surface area contributed by atoms with Crippen LogP contribution in [0.25, 0.3) is 0 Å². The molecule has 0 radical (unpaired) electrons. The van der Waals surface area contributed by atoms with Gasteiger partial charge < -0.3 is 16.4 Å². The topological polar surface area (TPSA) is 85.2 Å². The molecule has 0 bridgehead atoms. The number of nitrogens with two attached hydrogens (primary N) is 2. The van der Waals surface area contributed by atoms with E-state index in [0.717, 1.165) is 11.6 Å². The number of anilines is 2. The summed E-state index contributed by atoms with van der Waals surface area (Å²) in [5.74, 6) is -1.22. The number of para-hydroxylation sites is 1. The largest absolute Gasteiger partial charge is 0.398 e. The van der Waals surface area contributed by atoms with E-state index in [4.69, 9.17) is 23.1 Å². The van der Waals surface area contributed by atoms with Gasteiger partial charge in [0.15, 0.2) is 11.6 Å². The lowest BCUT2D eigenvalue weighted by Crippen LogP contribution is -2.34. The van der Waals surface area contributed by atoms with Crippen LogP contribution in [0.4, 0.5) is 15.9 Å². The zero-order chi connectivity index (χ0) is 15.4. The number of carbonyl (C=O) groups excluding carboxylic acids is 1. The van der Waals surface area contributed by atoms with Gasteiger partial charge in [-0.25, -0.2) is 9.37 Å². The first kappa shape index (κ1) is 15.1. The number of pyridine rings is 1. The predicted molar refractivity (Wildman–Crippen MR) is 80.3 cm³/mol. The molecule has 0 aliphatic carbocycles. The van der Waals surface area contributed by atoms with Crippen LogP contribution < -0.4 is 16.4 Å². The van der Waals surface area contributed by atoms with Gasteiger partial charge in [0, 0.05) is 18.4 Å². The van der Waals surface area contributed by atoms with Crippen LogP contribution in [0.2, 0.25) is 5.02 Å². The van der Waals surface area contributed by atoms with Crippen molar-refractivity contribution in [1.82, 2.24) is 4.98 Å². The summed E-state index contributed by atoms with van der Waals surface area (Å²) in [6, 6.07) is 8.24. The van der Waals surface area contributed by atoms with Crippen LogP contribution >= 0.6 is 11.6 Å². The van der Waals surface area contributed by atoms with Crippen molar-refractivity contribution in [3.05, 3.63) is 52.9 Å². The Kier molecular flexibility index (Phi) is 4.59. The smallest absolute Gasteiger partial charge is 0.237 e. The Morgan fingerprint density at radius 2 is 2.10 bits per heavy atom. The van der Waals surface area contributed by atoms with E-state index in [2.05, 4.69) is 4.98 Å². The van der Waals surface area contributed by atoms with Gasteiger partial charge in [0.25, 0.3) is 0 Å². The number of nitrogens with zero attached hydrogens (tertiary/aromatic N) is 2. The Bertz CT molecular complexity index is 665. The van der Waals surface area contributed by atoms with Gasteiger partial charge in [0.2, 0.25) is 5.91 Å². The first-order valence-corrected chi connectivity index (χ1v) is 6.53. The van der Waals surface area contributed by atoms with E-state index in [-0.39, 0.29) is 23.9 Å². The minimum absolute atomic E-state index is 0.00135. The summed E-state index contributed by atoms with van der Waals surface area (Å²) in [5.41, 5.74) is 12.4. The van der Waals surface area contributed by atoms with Crippen LogP contribution in [0.3, 0.4) is 0 Å². The van der Waals surface area contributed by atoms with Gasteiger partial charge >= 0.3 is 0 Å². The zero-order valence-electron chi connectivity index (χ0n) is 11.1. The first-order chi connectivity index (χ1) is 9.97. The summed E-state index contributed by atoms with van der Waals surface area (Å²) in [6.45, 7) is 0.0288. The zero-order valence-corrected chi connectivity index (χ0v) is 11.8. The van der Waals surface area contributed by atoms with Crippen molar-refractivity contribution in [1.29, 1.82) is 0 Å². The van der Waals surface area contributed by atoms with Crippen LogP contribution in [0, 0.1) is 5.82 Å². The van der Waals surface area contributed by atoms with Crippen LogP contribution in [-0.2, 0) is 11.3 Å². The summed E-state index contributed by atoms with van der Waals surface area (Å²) in [7, 11) is 0. The van der Waals surface area contributed by atoms with Crippen molar-refractivity contribution < 1.29 is 9.18 Å². The molecule has 0 spiro atoms. The number of amides is 1. The fourth-order valence-electron chi connectivity index (χ4n) is 1.92. The Hall–Kier alpha value is -2.34. The third kappa shape index (κ3) is 3.82. The fraction of sp³-hybridized carbons (Fsp3) is 0.143. The number of carbonyl (C=O) groups is 1. The number of hydrogen-bond acceptors (Lipinski definition) is 4. The molecular weight excluding hydrogens is 295 g/mol. The molecule has 2 rings (SSSR count). The molecule has 5 nitrogen and oxygen atoms in total. The second kappa shape index (κ2) is 6.41. The normalized spacial score (nSPS) is 10.4. The average Bonchev–Trinajstić information content (AvgIpc) is 2.40. The highest BCUT2D eigenvalue weighted by atomic mass is 35.5. The summed E-state index contributed by atoms with van der Waals surface area (Å²) in [5, 5.41) is 0.175. The first-order valence-electron chi connectivity index (χ1n) is 6.15. The van der Waals surface area contributed by atoms with Gasteiger partial charge in [-0.1, -0.05) is 29.8 Å². The molecule has 1 aromatic carbocycles. The molecule has 0 saturated heterocycles. The standard InChI is InChI=1S/C14H14ClFN4O/c15-10-5-11(16)14(19-6-10)20(8-13(18)21)7-9-3-1-2-4-12(9)17/h1-6H,7-8,17H2,(H2,18,21). The van der Waals surface area contributed by atoms with Crippen molar-refractivity contribution in [3.8, 4) is 0 Å². The molecular formula is C14H14ClFN4O. The monoisotopic (exact) mass is 308 g/mol. The Morgan fingerprint density at radius 1 is 1.38 bits per heavy atom. The molecule has 21 heavy (non-hydrogen) atoms. The lowest BCUT2D eigenvalue weighted by atomic mass is 10.1. The molecule has 7 heteroatoms. The van der Waals surface area contributed by atoms with Gasteiger partial charge in [0.05, 0.1) is 11.6 Å². The Labute approximate surface area is 126 Å². The molecule has 0 fully saturated rings. The van der Waals surface area contributed by atoms with Crippen LogP contribution in [0.1, 0.15) is 5.56 Å². The minimum Gasteiger partial charge on any atom is -0.398 e. The number of aromatic nitrogens is 1. The number of benzene rings is 1. The molecule has 2 aromatic rings. The third-order valence-electron chi connectivity index (χ3n) is 2.85. The van der Waals surface area contributed by atoms with E-state index in [1.165, 1.54) is 11.1 Å². The van der Waals surface area contributed by atoms with E-state index < -0.39 is 11.7 Å². The molecule has 0 aliphatic rings. The maximum atomic E-state index is 14.0. The van der Waals surface area contributed by atoms with Crippen LogP contribution in [0.5, 0.6) is 0 Å². The van der Waals surface area contributed by atoms with E-state index >= 15 is 0 Å². The average molecular weight is 309 g/mol. The highest BCUT2D eigenvalue weighted by molar-refractivity contribution is 6.30. The molecule has 110 valence electrons. The van der Waals surface area contributed by atoms with Crippen LogP contribution in [0.15, 0.2) is 36.5 Å². The molecule has 4 N–H and O–H groups in total. The van der Waals surface area contributed by atoms with Crippen molar-refractivity contribution in [3.63, 3.8) is 0 Å². The van der Waals surface area contributed by atoms with Crippen LogP contribution in [-0.4, -0.2) is 17.4 Å². The van der Waals surface area contributed by atoms with Gasteiger partial charge in [-0.3, -0.25) is 4.79 Å². The molecule has 0 atom stereocenters. The van der Waals surface area contributed by atoms with E-state index in [9.17, 15) is 9.18 Å². The highest BCUT2D eigenvalue weighted by Crippen LogP contribution is 2.22. The number of hydrogen-bond donors (Lipinski definition) is 2. The lowest BCUT2D eigenvalue weighted by molar-refractivity contribution is -0.116. The summed E-state index contributed by atoms with van der Waals surface area (Å²) < 4.78 is 14.0. The molecule has 1 aromatic heterocycles. The number of nitrogen functional groups attached to an aromatic ring is 1. The molecule has 1 amide bonds. The van der Waals surface area contributed by atoms with E-state index in [1.54, 1.807) is 24.3 Å². The third-order valence-corrected chi connectivity index (χ3v) is 3.06. The molecule has 1 heterocycles. The maximum absolute atomic E-state index is 14.0. The Balaban J connectivity index is 2.34. The fourth-order valence-corrected chi connectivity index (χ4v) is 2.06. The minimum atomic E-state index is -0.627. The van der Waals surface area contributed by atoms with Gasteiger partial charge in [-0.05, 0) is 17.7 Å². The quantitative estimate of drug-likeness (QED) is 0.827. The van der Waals surface area contributed by atoms with E-state index in [1.807, 2.05) is 0 Å². The predicted octanol–water partition coefficient (Wildman–Crippen LogP) is 1.95. The van der Waals surface area contributed by atoms with Crippen molar-refractivity contribution >= 4 is 29.0 Å². The highest BCUT2D eigenvalue weighted by Gasteiger charge is 2.17. The van der Waals surface area contributed by atoms with Crippen molar-refractivity contribution in [2.45, 2.75) is 6.54 Å². The van der Waals surface area contributed by atoms with Crippen molar-refractivity contribution in [2.75, 3.05) is 17.2 Å². The van der Waals surface area contributed by atoms with Gasteiger partial charge in [0.1, 0.15) is 0 Å². The number of primary amides is 1. The number of rotatable bonds is 5. The summed E-state index contributed by atoms with van der Waals surface area (Å²) in [6.07, 6.45) is 1.31. The molecule has 0 aliphatic heterocycles.